The van der Waals surface area contributed by atoms with E-state index < -0.39 is 11.0 Å². The van der Waals surface area contributed by atoms with Gasteiger partial charge in [0.05, 0.1) is 21.7 Å². The Hall–Kier alpha value is -1.51. The summed E-state index contributed by atoms with van der Waals surface area (Å²) in [7, 11) is 0. The van der Waals surface area contributed by atoms with E-state index in [1.54, 1.807) is 6.07 Å². The number of nitro benzene ring substituents is 1. The quantitative estimate of drug-likeness (QED) is 0.637. The first-order chi connectivity index (χ1) is 9.88. The maximum absolute atomic E-state index is 11.2. The second kappa shape index (κ2) is 6.50. The van der Waals surface area contributed by atoms with Crippen molar-refractivity contribution in [3.63, 3.8) is 0 Å². The highest BCUT2D eigenvalue weighted by Gasteiger charge is 2.23. The van der Waals surface area contributed by atoms with Crippen molar-refractivity contribution in [1.29, 1.82) is 0 Å². The fourth-order valence-electron chi connectivity index (χ4n) is 1.82. The number of nitro groups is 1. The summed E-state index contributed by atoms with van der Waals surface area (Å²) in [5, 5.41) is 23.7. The van der Waals surface area contributed by atoms with Gasteiger partial charge in [0.15, 0.2) is 0 Å². The van der Waals surface area contributed by atoms with E-state index in [4.69, 9.17) is 4.74 Å². The van der Waals surface area contributed by atoms with E-state index in [-0.39, 0.29) is 18.0 Å². The summed E-state index contributed by atoms with van der Waals surface area (Å²) in [5.74, 6) is 0.0730. The summed E-state index contributed by atoms with van der Waals surface area (Å²) >= 11 is 4.68. The van der Waals surface area contributed by atoms with Crippen molar-refractivity contribution >= 4 is 33.0 Å². The molecule has 1 aromatic heterocycles. The molecule has 0 spiro atoms. The van der Waals surface area contributed by atoms with Gasteiger partial charge in [-0.2, -0.15) is 0 Å². The molecule has 8 heteroatoms. The van der Waals surface area contributed by atoms with Crippen molar-refractivity contribution < 1.29 is 14.8 Å². The smallest absolute Gasteiger partial charge is 0.312 e. The molecule has 0 bridgehead atoms. The van der Waals surface area contributed by atoms with Gasteiger partial charge < -0.3 is 9.84 Å². The lowest BCUT2D eigenvalue weighted by molar-refractivity contribution is -0.386. The van der Waals surface area contributed by atoms with E-state index in [1.165, 1.54) is 24.3 Å². The number of ether oxygens (including phenoxy) is 1. The van der Waals surface area contributed by atoms with Gasteiger partial charge in [-0.1, -0.05) is 15.9 Å². The average molecular weight is 373 g/mol. The van der Waals surface area contributed by atoms with Crippen molar-refractivity contribution in [1.82, 2.24) is 4.98 Å². The minimum atomic E-state index is -0.881. The van der Waals surface area contributed by atoms with Crippen molar-refractivity contribution in [2.45, 2.75) is 26.6 Å². The first-order valence-electron chi connectivity index (χ1n) is 6.08. The van der Waals surface area contributed by atoms with Crippen LogP contribution in [0.25, 0.3) is 0 Å². The molecule has 2 aromatic rings. The largest absolute Gasteiger partial charge is 0.480 e. The van der Waals surface area contributed by atoms with Crippen LogP contribution in [0.2, 0.25) is 0 Å². The molecule has 1 N–H and O–H groups in total. The molecular weight excluding hydrogens is 360 g/mol. The number of nitrogens with zero attached hydrogens (tertiary/aromatic N) is 2. The topological polar surface area (TPSA) is 85.5 Å². The Morgan fingerprint density at radius 3 is 2.81 bits per heavy atom. The summed E-state index contributed by atoms with van der Waals surface area (Å²) in [5.41, 5.74) is 0.876. The molecule has 1 unspecified atom stereocenters. The fourth-order valence-corrected chi connectivity index (χ4v) is 2.88. The molecule has 0 saturated heterocycles. The van der Waals surface area contributed by atoms with E-state index in [0.717, 1.165) is 5.01 Å². The SMILES string of the molecule is Cc1nc(COc2c(C(C)O)cc(Br)cc2[N+](=O)[O-])cs1. The van der Waals surface area contributed by atoms with E-state index in [0.29, 0.717) is 15.7 Å². The Balaban J connectivity index is 2.37. The molecule has 0 radical (unpaired) electrons. The Kier molecular flexibility index (Phi) is 4.92. The maximum Gasteiger partial charge on any atom is 0.312 e. The second-order valence-electron chi connectivity index (χ2n) is 4.42. The predicted octanol–water partition coefficient (Wildman–Crippen LogP) is 3.75. The molecule has 6 nitrogen and oxygen atoms in total. The highest BCUT2D eigenvalue weighted by molar-refractivity contribution is 9.10. The standard InChI is InChI=1S/C13H13BrN2O4S/c1-7(17)11-3-9(14)4-12(16(18)19)13(11)20-5-10-6-21-8(2)15-10/h3-4,6-7,17H,5H2,1-2H3. The minimum Gasteiger partial charge on any atom is -0.480 e. The lowest BCUT2D eigenvalue weighted by atomic mass is 10.1. The molecule has 0 amide bonds. The molecule has 1 heterocycles. The molecule has 0 aliphatic heterocycles. The molecule has 112 valence electrons. The third kappa shape index (κ3) is 3.78. The van der Waals surface area contributed by atoms with Gasteiger partial charge in [0.1, 0.15) is 6.61 Å². The zero-order chi connectivity index (χ0) is 15.6. The molecule has 0 aliphatic carbocycles. The summed E-state index contributed by atoms with van der Waals surface area (Å²) in [6.07, 6.45) is -0.881. The molecule has 0 saturated carbocycles. The van der Waals surface area contributed by atoms with Gasteiger partial charge in [-0.25, -0.2) is 4.98 Å². The van der Waals surface area contributed by atoms with Crippen LogP contribution in [0, 0.1) is 17.0 Å². The molecule has 1 atom stereocenters. The first-order valence-corrected chi connectivity index (χ1v) is 7.75. The Labute approximate surface area is 133 Å². The van der Waals surface area contributed by atoms with Gasteiger partial charge in [0.2, 0.25) is 5.75 Å². The maximum atomic E-state index is 11.2. The van der Waals surface area contributed by atoms with Crippen LogP contribution in [0.4, 0.5) is 5.69 Å². The van der Waals surface area contributed by atoms with Crippen molar-refractivity contribution in [3.05, 3.63) is 48.4 Å². The first kappa shape index (κ1) is 15.9. The van der Waals surface area contributed by atoms with Gasteiger partial charge >= 0.3 is 5.69 Å². The fraction of sp³-hybridized carbons (Fsp3) is 0.308. The lowest BCUT2D eigenvalue weighted by Crippen LogP contribution is -2.05. The van der Waals surface area contributed by atoms with Crippen LogP contribution < -0.4 is 4.74 Å². The number of rotatable bonds is 5. The highest BCUT2D eigenvalue weighted by Crippen LogP contribution is 2.38. The molecule has 0 fully saturated rings. The zero-order valence-electron chi connectivity index (χ0n) is 11.4. The van der Waals surface area contributed by atoms with Crippen molar-refractivity contribution in [2.75, 3.05) is 0 Å². The molecule has 2 rings (SSSR count). The third-order valence-corrected chi connectivity index (χ3v) is 4.02. The van der Waals surface area contributed by atoms with Crippen LogP contribution in [0.1, 0.15) is 29.3 Å². The molecule has 21 heavy (non-hydrogen) atoms. The Morgan fingerprint density at radius 2 is 2.29 bits per heavy atom. The van der Waals surface area contributed by atoms with Gasteiger partial charge in [-0.05, 0) is 19.9 Å². The summed E-state index contributed by atoms with van der Waals surface area (Å²) in [6.45, 7) is 3.52. The number of halogens is 1. The van der Waals surface area contributed by atoms with Gasteiger partial charge in [-0.3, -0.25) is 10.1 Å². The number of aromatic nitrogens is 1. The number of thiazole rings is 1. The van der Waals surface area contributed by atoms with Gasteiger partial charge in [-0.15, -0.1) is 11.3 Å². The van der Waals surface area contributed by atoms with Crippen LogP contribution in [0.5, 0.6) is 5.75 Å². The van der Waals surface area contributed by atoms with Crippen LogP contribution >= 0.6 is 27.3 Å². The van der Waals surface area contributed by atoms with E-state index in [2.05, 4.69) is 20.9 Å². The van der Waals surface area contributed by atoms with Crippen LogP contribution in [-0.2, 0) is 6.61 Å². The van der Waals surface area contributed by atoms with Crippen molar-refractivity contribution in [3.8, 4) is 5.75 Å². The number of aliphatic hydroxyl groups is 1. The normalized spacial score (nSPS) is 12.2. The Morgan fingerprint density at radius 1 is 1.57 bits per heavy atom. The van der Waals surface area contributed by atoms with E-state index in [9.17, 15) is 15.2 Å². The molecule has 0 aliphatic rings. The highest BCUT2D eigenvalue weighted by atomic mass is 79.9. The van der Waals surface area contributed by atoms with Gasteiger partial charge in [0.25, 0.3) is 0 Å². The third-order valence-electron chi connectivity index (χ3n) is 2.74. The van der Waals surface area contributed by atoms with Crippen LogP contribution in [0.3, 0.4) is 0 Å². The van der Waals surface area contributed by atoms with E-state index >= 15 is 0 Å². The van der Waals surface area contributed by atoms with Gasteiger partial charge in [0, 0.05) is 21.5 Å². The summed E-state index contributed by atoms with van der Waals surface area (Å²) < 4.78 is 6.08. The second-order valence-corrected chi connectivity index (χ2v) is 6.40. The van der Waals surface area contributed by atoms with E-state index in [1.807, 2.05) is 12.3 Å². The number of aryl methyl sites for hydroxylation is 1. The number of benzene rings is 1. The zero-order valence-corrected chi connectivity index (χ0v) is 13.8. The summed E-state index contributed by atoms with van der Waals surface area (Å²) in [6, 6.07) is 2.97. The number of hydrogen-bond acceptors (Lipinski definition) is 6. The number of aliphatic hydroxyl groups excluding tert-OH is 1. The monoisotopic (exact) mass is 372 g/mol. The predicted molar refractivity (Wildman–Crippen MR) is 82.6 cm³/mol. The number of hydrogen-bond donors (Lipinski definition) is 1. The summed E-state index contributed by atoms with van der Waals surface area (Å²) in [4.78, 5) is 14.9. The minimum absolute atomic E-state index is 0.0730. The lowest BCUT2D eigenvalue weighted by Gasteiger charge is -2.13. The average Bonchev–Trinajstić information content (AvgIpc) is 2.81. The Bertz CT molecular complexity index is 672. The van der Waals surface area contributed by atoms with Crippen molar-refractivity contribution in [2.24, 2.45) is 0 Å². The van der Waals surface area contributed by atoms with Crippen LogP contribution in [-0.4, -0.2) is 15.0 Å². The van der Waals surface area contributed by atoms with Crippen LogP contribution in [0.15, 0.2) is 22.0 Å². The molecule has 1 aromatic carbocycles. The molecular formula is C13H13BrN2O4S.